The van der Waals surface area contributed by atoms with Gasteiger partial charge in [-0.1, -0.05) is 24.3 Å². The third-order valence-corrected chi connectivity index (χ3v) is 13.2. The molecule has 2 aliphatic rings. The summed E-state index contributed by atoms with van der Waals surface area (Å²) in [6.45, 7) is 6.54. The number of hydrogen-bond acceptors (Lipinski definition) is 17. The topological polar surface area (TPSA) is 320 Å². The molecule has 0 aliphatic carbocycles. The number of nitrogens with zero attached hydrogens (tertiary/aromatic N) is 9. The van der Waals surface area contributed by atoms with Crippen molar-refractivity contribution in [2.45, 2.75) is 77.4 Å². The fourth-order valence-corrected chi connectivity index (χ4v) is 9.03. The minimum Gasteiger partial charge on any atom is -0.481 e. The molecule has 10 rings (SSSR count). The van der Waals surface area contributed by atoms with Gasteiger partial charge >= 0.3 is 36.4 Å². The van der Waals surface area contributed by atoms with E-state index in [9.17, 15) is 50.3 Å². The van der Waals surface area contributed by atoms with Gasteiger partial charge < -0.3 is 40.6 Å². The zero-order valence-corrected chi connectivity index (χ0v) is 45.5. The van der Waals surface area contributed by atoms with Crippen molar-refractivity contribution in [2.75, 3.05) is 63.9 Å². The van der Waals surface area contributed by atoms with Crippen LogP contribution in [0.1, 0.15) is 65.6 Å². The number of piperazine rings is 1. The lowest BCUT2D eigenvalue weighted by molar-refractivity contribution is -0.144. The summed E-state index contributed by atoms with van der Waals surface area (Å²) in [5.74, 6) is -1.29. The average Bonchev–Trinajstić information content (AvgIpc) is 4.17. The van der Waals surface area contributed by atoms with Crippen LogP contribution in [0.3, 0.4) is 0 Å². The molecule has 0 radical (unpaired) electrons. The highest BCUT2D eigenvalue weighted by molar-refractivity contribution is 5.82. The van der Waals surface area contributed by atoms with E-state index in [2.05, 4.69) is 51.1 Å². The molecule has 23 nitrogen and oxygen atoms in total. The molecule has 2 amide bonds. The van der Waals surface area contributed by atoms with Crippen molar-refractivity contribution in [1.29, 1.82) is 0 Å². The van der Waals surface area contributed by atoms with Gasteiger partial charge in [-0.25, -0.2) is 4.79 Å². The van der Waals surface area contributed by atoms with Crippen molar-refractivity contribution in [1.82, 2.24) is 60.9 Å². The number of esters is 2. The number of aromatic nitrogens is 9. The Hall–Kier alpha value is -9.41. The Labute approximate surface area is 474 Å². The van der Waals surface area contributed by atoms with Gasteiger partial charge in [0.2, 0.25) is 5.91 Å². The van der Waals surface area contributed by atoms with Crippen LogP contribution in [0.25, 0.3) is 33.1 Å². The predicted octanol–water partition coefficient (Wildman–Crippen LogP) is 7.09. The van der Waals surface area contributed by atoms with E-state index in [1.807, 2.05) is 41.3 Å². The number of nitrogens with one attached hydrogen (secondary N) is 3. The molecule has 29 heteroatoms. The van der Waals surface area contributed by atoms with Crippen LogP contribution in [0, 0.1) is 0 Å². The number of fused-ring (bicyclic) bond motifs is 3. The summed E-state index contributed by atoms with van der Waals surface area (Å²) in [5, 5.41) is 39.7. The number of likely N-dealkylation sites (tertiary alicyclic amines) is 1. The number of benzene rings is 5. The first kappa shape index (κ1) is 62.2. The predicted molar refractivity (Wildman–Crippen MR) is 292 cm³/mol. The molecular formula is C55H60F6N14O9. The second-order valence-corrected chi connectivity index (χ2v) is 19.2. The van der Waals surface area contributed by atoms with Crippen LogP contribution in [0.5, 0.6) is 0 Å². The number of aromatic amines is 3. The summed E-state index contributed by atoms with van der Waals surface area (Å²) in [6.07, 6.45) is -8.42. The number of nitrogen functional groups attached to an aromatic ring is 2. The fourth-order valence-electron chi connectivity index (χ4n) is 9.03. The Balaban J connectivity index is 0.000000194. The number of carboxylic acids is 1. The molecule has 0 bridgehead atoms. The summed E-state index contributed by atoms with van der Waals surface area (Å²) in [4.78, 5) is 63.6. The number of alkyl halides is 6. The second-order valence-electron chi connectivity index (χ2n) is 19.2. The lowest BCUT2D eigenvalue weighted by Crippen LogP contribution is -2.54. The highest BCUT2D eigenvalue weighted by Crippen LogP contribution is 2.36. The number of rotatable bonds is 13. The maximum Gasteiger partial charge on any atom is 0.416 e. The monoisotopic (exact) mass is 1170 g/mol. The number of piperidine rings is 1. The quantitative estimate of drug-likeness (QED) is 0.0290. The first-order chi connectivity index (χ1) is 40.0. The largest absolute Gasteiger partial charge is 0.481 e. The molecule has 2 saturated heterocycles. The number of carbonyl (C=O) groups is 5. The summed E-state index contributed by atoms with van der Waals surface area (Å²) in [5.41, 5.74) is 16.5. The first-order valence-electron chi connectivity index (χ1n) is 26.3. The van der Waals surface area contributed by atoms with Crippen LogP contribution in [-0.2, 0) is 78.0 Å². The minimum atomic E-state index is -4.98. The van der Waals surface area contributed by atoms with Crippen LogP contribution < -0.4 is 11.5 Å². The summed E-state index contributed by atoms with van der Waals surface area (Å²) in [6, 6.07) is 22.7. The second kappa shape index (κ2) is 28.5. The molecular weight excluding hydrogens is 1110 g/mol. The molecule has 2 fully saturated rings. The smallest absolute Gasteiger partial charge is 0.416 e. The molecule has 5 aromatic carbocycles. The fraction of sp³-hybridized carbons (Fsp3) is 0.364. The normalized spacial score (nSPS) is 13.9. The number of amides is 2. The number of aliphatic carboxylic acids is 1. The van der Waals surface area contributed by atoms with E-state index in [1.54, 1.807) is 50.2 Å². The maximum atomic E-state index is 13.1. The molecule has 2 aliphatic heterocycles. The number of ether oxygens (including phenoxy) is 3. The Morgan fingerprint density at radius 2 is 0.940 bits per heavy atom. The Kier molecular flexibility index (Phi) is 21.1. The number of halogens is 6. The molecule has 446 valence electrons. The number of carbonyl (C=O) groups excluding carboxylic acids is 4. The number of nitrogens with two attached hydrogens (primary N) is 2. The van der Waals surface area contributed by atoms with Crippen LogP contribution in [0.15, 0.2) is 91.0 Å². The molecule has 84 heavy (non-hydrogen) atoms. The van der Waals surface area contributed by atoms with Crippen molar-refractivity contribution >= 4 is 74.4 Å². The van der Waals surface area contributed by atoms with Gasteiger partial charge in [0.15, 0.2) is 0 Å². The molecule has 0 unspecified atom stereocenters. The number of anilines is 2. The van der Waals surface area contributed by atoms with Crippen molar-refractivity contribution in [2.24, 2.45) is 0 Å². The highest BCUT2D eigenvalue weighted by Gasteiger charge is 2.37. The van der Waals surface area contributed by atoms with Crippen LogP contribution in [0.4, 0.5) is 42.5 Å². The van der Waals surface area contributed by atoms with Gasteiger partial charge in [-0.05, 0) is 121 Å². The van der Waals surface area contributed by atoms with E-state index in [-0.39, 0.29) is 55.6 Å². The number of hydrogen-bond donors (Lipinski definition) is 6. The number of carboxylic acid groups (broad SMARTS) is 1. The van der Waals surface area contributed by atoms with Crippen molar-refractivity contribution in [3.63, 3.8) is 0 Å². The van der Waals surface area contributed by atoms with Crippen molar-refractivity contribution < 1.29 is 69.6 Å². The summed E-state index contributed by atoms with van der Waals surface area (Å²) in [7, 11) is 0. The lowest BCUT2D eigenvalue weighted by atomic mass is 10.0. The van der Waals surface area contributed by atoms with E-state index in [0.717, 1.165) is 57.2 Å². The van der Waals surface area contributed by atoms with Crippen LogP contribution >= 0.6 is 0 Å². The van der Waals surface area contributed by atoms with Gasteiger partial charge in [-0.3, -0.25) is 24.1 Å². The van der Waals surface area contributed by atoms with Crippen LogP contribution in [0.2, 0.25) is 0 Å². The maximum absolute atomic E-state index is 13.1. The number of H-pyrrole nitrogens is 3. The lowest BCUT2D eigenvalue weighted by Gasteiger charge is -2.42. The molecule has 8 N–H and O–H groups in total. The van der Waals surface area contributed by atoms with E-state index in [0.29, 0.717) is 87.0 Å². The molecule has 0 saturated carbocycles. The van der Waals surface area contributed by atoms with E-state index in [1.165, 1.54) is 4.90 Å². The molecule has 0 atom stereocenters. The zero-order valence-electron chi connectivity index (χ0n) is 45.5. The van der Waals surface area contributed by atoms with Crippen LogP contribution in [-0.4, -0.2) is 154 Å². The SMILES string of the molecule is CCOC(=O)Cc1ccc(N)c(N)c1.CCOC(=O)Cc1ccc2n[nH]nc2c1.O=C(Cc1ccc2n[nH]nc2c1)N1CCC(N2CCN(C(=O)OCc3cc(C(F)(F)F)cc(C(F)(F)F)c3)CC2)CC1.O=C(O)Cc1ccc2n[nH]nc2c1. The Morgan fingerprint density at radius 3 is 1.38 bits per heavy atom. The van der Waals surface area contributed by atoms with Gasteiger partial charge in [0.05, 0.1) is 61.4 Å². The zero-order chi connectivity index (χ0) is 60.6. The molecule has 8 aromatic rings. The third kappa shape index (κ3) is 18.0. The minimum absolute atomic E-state index is 0.0167. The van der Waals surface area contributed by atoms with Crippen molar-refractivity contribution in [3.05, 3.63) is 130 Å². The van der Waals surface area contributed by atoms with Gasteiger partial charge in [0, 0.05) is 45.3 Å². The van der Waals surface area contributed by atoms with Gasteiger partial charge in [0.25, 0.3) is 0 Å². The van der Waals surface area contributed by atoms with E-state index < -0.39 is 47.7 Å². The average molecular weight is 1180 g/mol. The highest BCUT2D eigenvalue weighted by atomic mass is 19.4. The van der Waals surface area contributed by atoms with Crippen molar-refractivity contribution in [3.8, 4) is 0 Å². The molecule has 5 heterocycles. The first-order valence-corrected chi connectivity index (χ1v) is 26.3. The third-order valence-electron chi connectivity index (χ3n) is 13.2. The Morgan fingerprint density at radius 1 is 0.512 bits per heavy atom. The standard InChI is InChI=1S/C27H28F6N6O3.C10H11N3O2.C10H14N2O2.C8H7N3O2/c28-26(29,30)19-11-18(12-20(15-19)27(31,32)33)16-42-25(41)39-9-7-37(8-10-39)21-3-5-38(6-4-21)24(40)14-17-1-2-22-23(13-17)35-36-34-22;1-2-15-10(14)6-7-3-4-8-9(5-7)12-13-11-8;1-2-14-10(13)6-7-3-4-8(11)9(12)5-7;12-8(13)4-5-1-2-6-7(3-5)10-11-9-6/h1-2,11-13,15,21H,3-10,14,16H2,(H,34,35,36);3-5H,2,6H2,1H3,(H,11,12,13);3-5H,2,6,11-12H2,1H3;1-3H,4H2,(H,12,13)(H,9,10,11). The summed E-state index contributed by atoms with van der Waals surface area (Å²) < 4.78 is 93.3. The molecule has 3 aromatic heterocycles. The van der Waals surface area contributed by atoms with E-state index in [4.69, 9.17) is 30.8 Å². The van der Waals surface area contributed by atoms with E-state index >= 15 is 0 Å². The summed E-state index contributed by atoms with van der Waals surface area (Å²) >= 11 is 0. The Bertz CT molecular complexity index is 3510. The van der Waals surface area contributed by atoms with Gasteiger partial charge in [-0.2, -0.15) is 72.6 Å². The molecule has 0 spiro atoms. The van der Waals surface area contributed by atoms with Gasteiger partial charge in [-0.15, -0.1) is 0 Å². The van der Waals surface area contributed by atoms with Gasteiger partial charge in [0.1, 0.15) is 39.7 Å².